The average molecular weight is 738 g/mol. The van der Waals surface area contributed by atoms with Crippen LogP contribution in [0.4, 0.5) is 8.78 Å². The van der Waals surface area contributed by atoms with Gasteiger partial charge in [-0.25, -0.2) is 25.6 Å². The van der Waals surface area contributed by atoms with E-state index >= 15 is 0 Å². The highest BCUT2D eigenvalue weighted by Gasteiger charge is 2.26. The number of hydrogen-bond acceptors (Lipinski definition) is 8. The van der Waals surface area contributed by atoms with E-state index in [2.05, 4.69) is 9.97 Å². The fourth-order valence-corrected chi connectivity index (χ4v) is 7.71. The molecule has 4 N–H and O–H groups in total. The highest BCUT2D eigenvalue weighted by atomic mass is 35.5. The summed E-state index contributed by atoms with van der Waals surface area (Å²) >= 11 is 0. The maximum Gasteiger partial charge on any atom is 0.211 e. The van der Waals surface area contributed by atoms with E-state index in [1.807, 2.05) is 6.07 Å². The summed E-state index contributed by atoms with van der Waals surface area (Å²) in [6.07, 6.45) is 2.65. The lowest BCUT2D eigenvalue weighted by Crippen LogP contribution is -2.10. The SMILES string of the molecule is Cl.Cl.N#CCOc1cccc2c(S(=O)(=O)c3ccccc3F)c[nH]c12.NCCOc1cccc2c(S(=O)(=O)c3ccccc3F)c[nH]c12. The van der Waals surface area contributed by atoms with Crippen molar-refractivity contribution in [2.24, 2.45) is 5.73 Å². The minimum Gasteiger partial charge on any atom is -0.490 e. The van der Waals surface area contributed by atoms with Gasteiger partial charge in [0.2, 0.25) is 19.7 Å². The first-order chi connectivity index (χ1) is 22.1. The number of H-pyrrole nitrogens is 2. The highest BCUT2D eigenvalue weighted by molar-refractivity contribution is 7.92. The highest BCUT2D eigenvalue weighted by Crippen LogP contribution is 2.35. The van der Waals surface area contributed by atoms with E-state index in [1.165, 1.54) is 48.8 Å². The van der Waals surface area contributed by atoms with E-state index in [4.69, 9.17) is 20.5 Å². The quantitative estimate of drug-likeness (QED) is 0.154. The first-order valence-electron chi connectivity index (χ1n) is 13.6. The number of ether oxygens (including phenoxy) is 2. The van der Waals surface area contributed by atoms with Gasteiger partial charge in [-0.05, 0) is 36.4 Å². The minimum absolute atomic E-state index is 0. The number of halogens is 4. The number of aromatic amines is 2. The lowest BCUT2D eigenvalue weighted by Gasteiger charge is -2.07. The van der Waals surface area contributed by atoms with Crippen LogP contribution < -0.4 is 15.2 Å². The van der Waals surface area contributed by atoms with Gasteiger partial charge in [0.05, 0.1) is 20.8 Å². The van der Waals surface area contributed by atoms with E-state index in [9.17, 15) is 25.6 Å². The number of para-hydroxylation sites is 2. The van der Waals surface area contributed by atoms with Gasteiger partial charge < -0.3 is 25.2 Å². The van der Waals surface area contributed by atoms with Crippen LogP contribution in [0.3, 0.4) is 0 Å². The number of nitriles is 1. The van der Waals surface area contributed by atoms with Gasteiger partial charge in [0.15, 0.2) is 6.61 Å². The Balaban J connectivity index is 0.000000250. The third-order valence-corrected chi connectivity index (χ3v) is 10.4. The van der Waals surface area contributed by atoms with Crippen LogP contribution >= 0.6 is 24.8 Å². The van der Waals surface area contributed by atoms with Gasteiger partial charge in [0, 0.05) is 29.7 Å². The van der Waals surface area contributed by atoms with Crippen molar-refractivity contribution in [1.29, 1.82) is 5.26 Å². The molecule has 0 aliphatic rings. The Morgan fingerprint density at radius 2 is 1.08 bits per heavy atom. The summed E-state index contributed by atoms with van der Waals surface area (Å²) in [7, 11) is -7.99. The molecule has 4 aromatic carbocycles. The number of aromatic nitrogens is 2. The van der Waals surface area contributed by atoms with Crippen LogP contribution in [0.15, 0.2) is 117 Å². The summed E-state index contributed by atoms with van der Waals surface area (Å²) in [5, 5.41) is 9.42. The summed E-state index contributed by atoms with van der Waals surface area (Å²) in [6.45, 7) is 0.499. The number of nitrogens with one attached hydrogen (secondary N) is 2. The number of nitrogens with zero attached hydrogens (tertiary/aromatic N) is 1. The Kier molecular flexibility index (Phi) is 12.6. The van der Waals surface area contributed by atoms with Crippen LogP contribution in [0.5, 0.6) is 11.5 Å². The van der Waals surface area contributed by atoms with Crippen LogP contribution in [0.1, 0.15) is 0 Å². The third-order valence-electron chi connectivity index (χ3n) is 6.78. The number of hydrogen-bond donors (Lipinski definition) is 3. The van der Waals surface area contributed by atoms with Crippen molar-refractivity contribution in [3.63, 3.8) is 0 Å². The average Bonchev–Trinajstić information content (AvgIpc) is 3.70. The van der Waals surface area contributed by atoms with Crippen LogP contribution in [0, 0.1) is 23.0 Å². The molecule has 2 heterocycles. The number of fused-ring (bicyclic) bond motifs is 2. The summed E-state index contributed by atoms with van der Waals surface area (Å²) in [5.41, 5.74) is 6.39. The maximum absolute atomic E-state index is 13.9. The second-order valence-electron chi connectivity index (χ2n) is 9.61. The summed E-state index contributed by atoms with van der Waals surface area (Å²) in [4.78, 5) is 4.95. The molecule has 6 aromatic rings. The lowest BCUT2D eigenvalue weighted by molar-refractivity contribution is 0.331. The van der Waals surface area contributed by atoms with Crippen LogP contribution in [0.2, 0.25) is 0 Å². The summed E-state index contributed by atoms with van der Waals surface area (Å²) < 4.78 is 89.4. The Morgan fingerprint density at radius 1 is 0.646 bits per heavy atom. The largest absolute Gasteiger partial charge is 0.490 e. The molecule has 0 atom stereocenters. The number of sulfone groups is 2. The number of rotatable bonds is 9. The first kappa shape index (κ1) is 37.8. The van der Waals surface area contributed by atoms with Crippen LogP contribution in [-0.4, -0.2) is 46.6 Å². The maximum atomic E-state index is 13.9. The molecule has 0 aliphatic heterocycles. The molecule has 0 unspecified atom stereocenters. The Morgan fingerprint density at radius 3 is 1.50 bits per heavy atom. The van der Waals surface area contributed by atoms with Gasteiger partial charge in [0.1, 0.15) is 45.6 Å². The van der Waals surface area contributed by atoms with Gasteiger partial charge in [0.25, 0.3) is 0 Å². The molecule has 6 rings (SSSR count). The minimum atomic E-state index is -4.02. The predicted molar refractivity (Wildman–Crippen MR) is 180 cm³/mol. The molecule has 0 spiro atoms. The Labute approximate surface area is 287 Å². The van der Waals surface area contributed by atoms with Crippen molar-refractivity contribution in [1.82, 2.24) is 9.97 Å². The molecule has 48 heavy (non-hydrogen) atoms. The smallest absolute Gasteiger partial charge is 0.211 e. The van der Waals surface area contributed by atoms with Crippen molar-refractivity contribution in [3.05, 3.63) is 109 Å². The van der Waals surface area contributed by atoms with E-state index in [0.717, 1.165) is 12.1 Å². The van der Waals surface area contributed by atoms with Gasteiger partial charge in [-0.2, -0.15) is 5.26 Å². The van der Waals surface area contributed by atoms with E-state index < -0.39 is 31.3 Å². The third kappa shape index (κ3) is 7.40. The van der Waals surface area contributed by atoms with Crippen molar-refractivity contribution < 1.29 is 35.1 Å². The zero-order valence-corrected chi connectivity index (χ0v) is 28.0. The molecule has 0 fully saturated rings. The normalized spacial score (nSPS) is 11.0. The number of benzene rings is 4. The van der Waals surface area contributed by atoms with Gasteiger partial charge in [-0.1, -0.05) is 48.5 Å². The topological polar surface area (TPSA) is 168 Å². The monoisotopic (exact) mass is 736 g/mol. The van der Waals surface area contributed by atoms with Crippen molar-refractivity contribution in [2.45, 2.75) is 19.6 Å². The molecular formula is C32H28Cl2F2N4O6S2. The Hall–Kier alpha value is -4.65. The molecule has 0 amide bonds. The lowest BCUT2D eigenvalue weighted by atomic mass is 10.2. The van der Waals surface area contributed by atoms with Gasteiger partial charge in [-0.3, -0.25) is 0 Å². The van der Waals surface area contributed by atoms with E-state index in [-0.39, 0.29) is 51.0 Å². The van der Waals surface area contributed by atoms with Gasteiger partial charge >= 0.3 is 0 Å². The predicted octanol–water partition coefficient (Wildman–Crippen LogP) is 6.36. The van der Waals surface area contributed by atoms with Crippen LogP contribution in [-0.2, 0) is 19.7 Å². The first-order valence-corrected chi connectivity index (χ1v) is 16.6. The molecule has 0 aliphatic carbocycles. The van der Waals surface area contributed by atoms with Crippen molar-refractivity contribution >= 4 is 66.3 Å². The van der Waals surface area contributed by atoms with Crippen molar-refractivity contribution in [2.75, 3.05) is 19.8 Å². The van der Waals surface area contributed by atoms with Crippen molar-refractivity contribution in [3.8, 4) is 17.6 Å². The molecule has 0 bridgehead atoms. The van der Waals surface area contributed by atoms with Gasteiger partial charge in [-0.15, -0.1) is 24.8 Å². The molecule has 252 valence electrons. The Bertz CT molecular complexity index is 2310. The second-order valence-corrected chi connectivity index (χ2v) is 13.4. The molecular weight excluding hydrogens is 709 g/mol. The molecule has 16 heteroatoms. The number of nitrogens with two attached hydrogens (primary N) is 1. The summed E-state index contributed by atoms with van der Waals surface area (Å²) in [5.74, 6) is -0.724. The molecule has 0 saturated carbocycles. The summed E-state index contributed by atoms with van der Waals surface area (Å²) in [6, 6.07) is 22.2. The zero-order chi connectivity index (χ0) is 32.9. The van der Waals surface area contributed by atoms with E-state index in [0.29, 0.717) is 46.5 Å². The zero-order valence-electron chi connectivity index (χ0n) is 24.7. The second kappa shape index (κ2) is 16.0. The standard InChI is InChI=1S/C16H15FN2O3S.C16H11FN2O3S.2ClH/c2*17-12-5-1-2-7-14(12)23(20,21)15-10-19-16-11(15)4-3-6-13(16)22-9-8-18;;/h1-7,10,19H,8-9,18H2;1-7,10,19H,9H2;2*1H. The van der Waals surface area contributed by atoms with Crippen LogP contribution in [0.25, 0.3) is 21.8 Å². The molecule has 0 saturated heterocycles. The van der Waals surface area contributed by atoms with E-state index in [1.54, 1.807) is 36.4 Å². The molecule has 10 nitrogen and oxygen atoms in total. The molecule has 0 radical (unpaired) electrons. The fraction of sp³-hybridized carbons (Fsp3) is 0.0938. The fourth-order valence-electron chi connectivity index (χ4n) is 4.73. The molecule has 2 aromatic heterocycles.